The van der Waals surface area contributed by atoms with E-state index in [1.165, 1.54) is 0 Å². The first-order chi connectivity index (χ1) is 8.10. The summed E-state index contributed by atoms with van der Waals surface area (Å²) >= 11 is 3.28. The van der Waals surface area contributed by atoms with E-state index in [0.29, 0.717) is 18.7 Å². The maximum Gasteiger partial charge on any atom is 0.337 e. The molecule has 94 valence electrons. The van der Waals surface area contributed by atoms with Crippen LogP contribution in [-0.2, 0) is 4.74 Å². The molecule has 1 N–H and O–H groups in total. The Balaban J connectivity index is 3.05. The molecule has 0 spiro atoms. The highest BCUT2D eigenvalue weighted by atomic mass is 79.9. The summed E-state index contributed by atoms with van der Waals surface area (Å²) in [5, 5.41) is 9.18. The van der Waals surface area contributed by atoms with Gasteiger partial charge in [-0.25, -0.2) is 4.79 Å². The van der Waals surface area contributed by atoms with Gasteiger partial charge in [0.2, 0.25) is 0 Å². The van der Waals surface area contributed by atoms with Crippen LogP contribution in [0.25, 0.3) is 0 Å². The molecule has 0 aliphatic carbocycles. The zero-order chi connectivity index (χ0) is 12.8. The fourth-order valence-corrected chi connectivity index (χ4v) is 1.97. The number of rotatable bonds is 6. The number of anilines is 1. The van der Waals surface area contributed by atoms with Gasteiger partial charge in [0.1, 0.15) is 0 Å². The Morgan fingerprint density at radius 3 is 2.76 bits per heavy atom. The highest BCUT2D eigenvalue weighted by molar-refractivity contribution is 9.10. The SMILES string of the molecule is CCN(CCOC)c1ccc(Br)cc1C(=O)O. The van der Waals surface area contributed by atoms with Gasteiger partial charge in [-0.2, -0.15) is 0 Å². The van der Waals surface area contributed by atoms with Crippen LogP contribution in [0, 0.1) is 0 Å². The van der Waals surface area contributed by atoms with E-state index in [9.17, 15) is 9.90 Å². The molecule has 5 heteroatoms. The van der Waals surface area contributed by atoms with Crippen molar-refractivity contribution in [1.29, 1.82) is 0 Å². The first-order valence-corrected chi connectivity index (χ1v) is 6.16. The van der Waals surface area contributed by atoms with Crippen LogP contribution in [-0.4, -0.2) is 37.9 Å². The third-order valence-corrected chi connectivity index (χ3v) is 2.97. The molecule has 0 aliphatic rings. The first-order valence-electron chi connectivity index (χ1n) is 5.36. The Labute approximate surface area is 109 Å². The molecular formula is C12H16BrNO3. The van der Waals surface area contributed by atoms with Crippen LogP contribution in [0.3, 0.4) is 0 Å². The Kier molecular flexibility index (Phi) is 5.44. The smallest absolute Gasteiger partial charge is 0.337 e. The van der Waals surface area contributed by atoms with Crippen molar-refractivity contribution in [2.45, 2.75) is 6.92 Å². The molecule has 0 atom stereocenters. The standard InChI is InChI=1S/C12H16BrNO3/c1-3-14(6-7-17-2)11-5-4-9(13)8-10(11)12(15)16/h4-5,8H,3,6-7H2,1-2H3,(H,15,16). The quantitative estimate of drug-likeness (QED) is 0.877. The number of likely N-dealkylation sites (N-methyl/N-ethyl adjacent to an activating group) is 1. The van der Waals surface area contributed by atoms with E-state index in [1.807, 2.05) is 24.0 Å². The lowest BCUT2D eigenvalue weighted by molar-refractivity contribution is 0.0697. The van der Waals surface area contributed by atoms with Gasteiger partial charge in [-0.1, -0.05) is 15.9 Å². The number of nitrogens with zero attached hydrogens (tertiary/aromatic N) is 1. The minimum absolute atomic E-state index is 0.303. The van der Waals surface area contributed by atoms with Crippen LogP contribution < -0.4 is 4.90 Å². The van der Waals surface area contributed by atoms with E-state index in [4.69, 9.17) is 4.74 Å². The van der Waals surface area contributed by atoms with Crippen molar-refractivity contribution in [2.24, 2.45) is 0 Å². The van der Waals surface area contributed by atoms with Gasteiger partial charge in [0.15, 0.2) is 0 Å². The maximum atomic E-state index is 11.2. The van der Waals surface area contributed by atoms with Crippen LogP contribution >= 0.6 is 15.9 Å². The Hall–Kier alpha value is -1.07. The van der Waals surface area contributed by atoms with E-state index in [1.54, 1.807) is 13.2 Å². The second-order valence-electron chi connectivity index (χ2n) is 3.54. The lowest BCUT2D eigenvalue weighted by Crippen LogP contribution is -2.28. The number of carboxylic acids is 1. The molecule has 0 heterocycles. The molecule has 1 aromatic rings. The van der Waals surface area contributed by atoms with Gasteiger partial charge in [-0.3, -0.25) is 0 Å². The molecule has 0 unspecified atom stereocenters. The summed E-state index contributed by atoms with van der Waals surface area (Å²) in [6.45, 7) is 3.98. The number of carboxylic acid groups (broad SMARTS) is 1. The highest BCUT2D eigenvalue weighted by Crippen LogP contribution is 2.24. The van der Waals surface area contributed by atoms with Gasteiger partial charge < -0.3 is 14.7 Å². The average molecular weight is 302 g/mol. The third-order valence-electron chi connectivity index (χ3n) is 2.48. The average Bonchev–Trinajstić information content (AvgIpc) is 2.31. The predicted octanol–water partition coefficient (Wildman–Crippen LogP) is 2.62. The van der Waals surface area contributed by atoms with Crippen LogP contribution in [0.1, 0.15) is 17.3 Å². The largest absolute Gasteiger partial charge is 0.478 e. The monoisotopic (exact) mass is 301 g/mol. The molecule has 1 aromatic carbocycles. The molecule has 4 nitrogen and oxygen atoms in total. The first kappa shape index (κ1) is 14.0. The molecule has 0 saturated heterocycles. The second kappa shape index (κ2) is 6.61. The van der Waals surface area contributed by atoms with Crippen LogP contribution in [0.5, 0.6) is 0 Å². The zero-order valence-electron chi connectivity index (χ0n) is 9.94. The van der Waals surface area contributed by atoms with E-state index in [2.05, 4.69) is 15.9 Å². The normalized spacial score (nSPS) is 10.3. The van der Waals surface area contributed by atoms with E-state index in [0.717, 1.165) is 16.7 Å². The van der Waals surface area contributed by atoms with Crippen molar-refractivity contribution in [3.8, 4) is 0 Å². The van der Waals surface area contributed by atoms with E-state index >= 15 is 0 Å². The molecule has 17 heavy (non-hydrogen) atoms. The number of hydrogen-bond acceptors (Lipinski definition) is 3. The summed E-state index contributed by atoms with van der Waals surface area (Å²) in [7, 11) is 1.63. The molecule has 1 rings (SSSR count). The topological polar surface area (TPSA) is 49.8 Å². The van der Waals surface area contributed by atoms with Gasteiger partial charge >= 0.3 is 5.97 Å². The molecule has 0 amide bonds. The number of benzene rings is 1. The number of carbonyl (C=O) groups is 1. The molecule has 0 aromatic heterocycles. The van der Waals surface area contributed by atoms with Crippen molar-refractivity contribution >= 4 is 27.6 Å². The van der Waals surface area contributed by atoms with Crippen molar-refractivity contribution in [1.82, 2.24) is 0 Å². The van der Waals surface area contributed by atoms with Crippen LogP contribution in [0.2, 0.25) is 0 Å². The number of aromatic carboxylic acids is 1. The zero-order valence-corrected chi connectivity index (χ0v) is 11.5. The van der Waals surface area contributed by atoms with Gasteiger partial charge in [0.05, 0.1) is 17.9 Å². The molecule has 0 saturated carbocycles. The van der Waals surface area contributed by atoms with Crippen LogP contribution in [0.15, 0.2) is 22.7 Å². The third kappa shape index (κ3) is 3.71. The van der Waals surface area contributed by atoms with Gasteiger partial charge in [0, 0.05) is 24.7 Å². The molecule has 0 bridgehead atoms. The number of methoxy groups -OCH3 is 1. The Morgan fingerprint density at radius 2 is 2.24 bits per heavy atom. The minimum atomic E-state index is -0.919. The number of hydrogen-bond donors (Lipinski definition) is 1. The van der Waals surface area contributed by atoms with Crippen molar-refractivity contribution in [3.63, 3.8) is 0 Å². The molecule has 0 radical (unpaired) electrons. The van der Waals surface area contributed by atoms with E-state index in [-0.39, 0.29) is 0 Å². The lowest BCUT2D eigenvalue weighted by atomic mass is 10.1. The summed E-state index contributed by atoms with van der Waals surface area (Å²) in [5.74, 6) is -0.919. The Morgan fingerprint density at radius 1 is 1.53 bits per heavy atom. The fraction of sp³-hybridized carbons (Fsp3) is 0.417. The maximum absolute atomic E-state index is 11.2. The van der Waals surface area contributed by atoms with Crippen LogP contribution in [0.4, 0.5) is 5.69 Å². The molecule has 0 aliphatic heterocycles. The summed E-state index contributed by atoms with van der Waals surface area (Å²) in [6.07, 6.45) is 0. The van der Waals surface area contributed by atoms with Gasteiger partial charge in [0.25, 0.3) is 0 Å². The van der Waals surface area contributed by atoms with Gasteiger partial charge in [-0.15, -0.1) is 0 Å². The summed E-state index contributed by atoms with van der Waals surface area (Å²) in [4.78, 5) is 13.2. The van der Waals surface area contributed by atoms with E-state index < -0.39 is 5.97 Å². The second-order valence-corrected chi connectivity index (χ2v) is 4.45. The summed E-state index contributed by atoms with van der Waals surface area (Å²) in [5.41, 5.74) is 1.03. The summed E-state index contributed by atoms with van der Waals surface area (Å²) in [6, 6.07) is 5.27. The predicted molar refractivity (Wildman–Crippen MR) is 70.9 cm³/mol. The molecular weight excluding hydrogens is 286 g/mol. The fourth-order valence-electron chi connectivity index (χ4n) is 1.61. The molecule has 0 fully saturated rings. The van der Waals surface area contributed by atoms with Crippen molar-refractivity contribution in [3.05, 3.63) is 28.2 Å². The Bertz CT molecular complexity index is 395. The summed E-state index contributed by atoms with van der Waals surface area (Å²) < 4.78 is 5.79. The number of ether oxygens (including phenoxy) is 1. The van der Waals surface area contributed by atoms with Gasteiger partial charge in [-0.05, 0) is 25.1 Å². The van der Waals surface area contributed by atoms with Crippen molar-refractivity contribution < 1.29 is 14.6 Å². The van der Waals surface area contributed by atoms with Crippen molar-refractivity contribution in [2.75, 3.05) is 31.7 Å². The minimum Gasteiger partial charge on any atom is -0.478 e. The lowest BCUT2D eigenvalue weighted by Gasteiger charge is -2.24. The number of halogens is 1. The highest BCUT2D eigenvalue weighted by Gasteiger charge is 2.15.